The Hall–Kier alpha value is -0.860. The molecule has 11 nitrogen and oxygen atoms in total. The van der Waals surface area contributed by atoms with Gasteiger partial charge < -0.3 is 9.47 Å². The molecule has 3 aliphatic heterocycles. The Balaban J connectivity index is 1.27. The lowest BCUT2D eigenvalue weighted by atomic mass is 9.76. The molecular weight excluding hydrogens is 696 g/mol. The van der Waals surface area contributed by atoms with Crippen molar-refractivity contribution < 1.29 is 44.6 Å². The zero-order chi connectivity index (χ0) is 35.8. The monoisotopic (exact) mass is 748 g/mol. The number of thioether (sulfide) groups is 1. The predicted molar refractivity (Wildman–Crippen MR) is 177 cm³/mol. The van der Waals surface area contributed by atoms with Gasteiger partial charge in [0, 0.05) is 50.8 Å². The summed E-state index contributed by atoms with van der Waals surface area (Å²) in [6.45, 7) is 6.93. The Labute approximate surface area is 290 Å². The summed E-state index contributed by atoms with van der Waals surface area (Å²) in [5, 5.41) is 8.79. The zero-order valence-electron chi connectivity index (χ0n) is 28.7. The third-order valence-corrected chi connectivity index (χ3v) is 15.5. The van der Waals surface area contributed by atoms with Gasteiger partial charge in [-0.2, -0.15) is 0 Å². The van der Waals surface area contributed by atoms with Gasteiger partial charge in [-0.3, -0.25) is 31.1 Å². The molecule has 2 aliphatic carbocycles. The maximum atomic E-state index is 16.0. The summed E-state index contributed by atoms with van der Waals surface area (Å²) >= 11 is 1.31. The number of hydrogen-bond acceptors (Lipinski definition) is 12. The number of nitrogens with one attached hydrogen (secondary N) is 5. The van der Waals surface area contributed by atoms with E-state index in [0.717, 1.165) is 20.3 Å². The van der Waals surface area contributed by atoms with Crippen LogP contribution in [0.15, 0.2) is 0 Å². The molecule has 0 amide bonds. The van der Waals surface area contributed by atoms with E-state index in [1.807, 2.05) is 0 Å². The molecule has 18 heteroatoms. The molecule has 284 valence electrons. The minimum Gasteiger partial charge on any atom is -0.462 e. The molecule has 3 saturated heterocycles. The van der Waals surface area contributed by atoms with Crippen LogP contribution in [0, 0.1) is 5.92 Å². The molecule has 5 N–H and O–H groups in total. The van der Waals surface area contributed by atoms with E-state index < -0.39 is 73.8 Å². The van der Waals surface area contributed by atoms with Gasteiger partial charge in [-0.15, -0.1) is 11.8 Å². The average Bonchev–Trinajstić information content (AvgIpc) is 3.45. The molecule has 3 heterocycles. The van der Waals surface area contributed by atoms with Gasteiger partial charge in [0.05, 0.1) is 28.5 Å². The van der Waals surface area contributed by atoms with E-state index >= 15 is 4.39 Å². The highest BCUT2D eigenvalue weighted by molar-refractivity contribution is 8.00. The van der Waals surface area contributed by atoms with Crippen LogP contribution in [0.2, 0.25) is 0 Å². The summed E-state index contributed by atoms with van der Waals surface area (Å²) in [7, 11) is -2.78. The molecule has 0 aromatic heterocycles. The quantitative estimate of drug-likeness (QED) is 0.166. The molecule has 0 radical (unpaired) electrons. The van der Waals surface area contributed by atoms with E-state index in [4.69, 9.17) is 9.47 Å². The molecular formula is C31H53F5N6O5S2. The second-order valence-electron chi connectivity index (χ2n) is 14.8. The van der Waals surface area contributed by atoms with Crippen molar-refractivity contribution in [2.75, 3.05) is 20.2 Å². The molecule has 5 fully saturated rings. The van der Waals surface area contributed by atoms with Gasteiger partial charge in [-0.05, 0) is 59.3 Å². The van der Waals surface area contributed by atoms with E-state index in [1.165, 1.54) is 18.7 Å². The fourth-order valence-corrected chi connectivity index (χ4v) is 12.0. The Kier molecular flexibility index (Phi) is 12.9. The summed E-state index contributed by atoms with van der Waals surface area (Å²) in [6, 6.07) is 0.242. The molecule has 49 heavy (non-hydrogen) atoms. The minimum absolute atomic E-state index is 0.0420. The van der Waals surface area contributed by atoms with Crippen molar-refractivity contribution in [2.45, 2.75) is 161 Å². The van der Waals surface area contributed by atoms with Crippen LogP contribution in [0.1, 0.15) is 72.6 Å². The fourth-order valence-electron chi connectivity index (χ4n) is 8.23. The van der Waals surface area contributed by atoms with Gasteiger partial charge >= 0.3 is 5.97 Å². The first-order valence-corrected chi connectivity index (χ1v) is 19.8. The number of esters is 1. The van der Waals surface area contributed by atoms with E-state index in [1.54, 1.807) is 7.11 Å². The van der Waals surface area contributed by atoms with E-state index in [-0.39, 0.29) is 62.0 Å². The molecule has 13 atom stereocenters. The summed E-state index contributed by atoms with van der Waals surface area (Å²) in [5.41, 5.74) is 5.96. The SMILES string of the molecule is COC1C(NC2CC(C)NN2)NC(SC2CCC(S(=O)(=O)C(C)(C)C3C(F)C(F)CC(F)C3F)CC2F)NC1N1CCC(OC(C)=O)CC1. The van der Waals surface area contributed by atoms with E-state index in [0.29, 0.717) is 25.9 Å². The van der Waals surface area contributed by atoms with E-state index in [9.17, 15) is 30.8 Å². The van der Waals surface area contributed by atoms with Crippen molar-refractivity contribution in [1.82, 2.24) is 31.7 Å². The van der Waals surface area contributed by atoms with Crippen LogP contribution in [0.25, 0.3) is 0 Å². The van der Waals surface area contributed by atoms with Crippen LogP contribution >= 0.6 is 11.8 Å². The Morgan fingerprint density at radius 3 is 2.12 bits per heavy atom. The molecule has 13 unspecified atom stereocenters. The summed E-state index contributed by atoms with van der Waals surface area (Å²) in [4.78, 5) is 13.7. The molecule has 0 bridgehead atoms. The average molecular weight is 749 g/mol. The van der Waals surface area contributed by atoms with Gasteiger partial charge in [-0.25, -0.2) is 35.8 Å². The summed E-state index contributed by atoms with van der Waals surface area (Å²) < 4.78 is 111. The van der Waals surface area contributed by atoms with Gasteiger partial charge in [0.1, 0.15) is 48.6 Å². The standard InChI is InChI=1S/C31H53F5N6O5S2/c1-15-12-23(41-40-15)37-28-27(46-5)29(42-10-8-17(9-11-42)47-16(2)43)39-30(38-28)48-22-7-6-18(13-19(22)32)49(44,45)31(3,4)24-25(35)20(33)14-21(34)26(24)36/h15,17-30,37-41H,6-14H2,1-5H3. The normalized spacial score (nSPS) is 43.4. The van der Waals surface area contributed by atoms with Crippen LogP contribution < -0.4 is 26.8 Å². The number of nitrogens with zero attached hydrogens (tertiary/aromatic N) is 1. The third-order valence-electron chi connectivity index (χ3n) is 11.0. The number of halogens is 5. The first kappa shape index (κ1) is 39.3. The van der Waals surface area contributed by atoms with Crippen molar-refractivity contribution in [1.29, 1.82) is 0 Å². The van der Waals surface area contributed by atoms with Crippen LogP contribution in [0.3, 0.4) is 0 Å². The summed E-state index contributed by atoms with van der Waals surface area (Å²) in [6.07, 6.45) is -11.5. The smallest absolute Gasteiger partial charge is 0.302 e. The number of carbonyl (C=O) groups excluding carboxylic acids is 1. The largest absolute Gasteiger partial charge is 0.462 e. The highest BCUT2D eigenvalue weighted by Gasteiger charge is 2.59. The van der Waals surface area contributed by atoms with Crippen LogP contribution in [-0.4, -0.2) is 128 Å². The number of methoxy groups -OCH3 is 1. The number of alkyl halides is 5. The van der Waals surface area contributed by atoms with Crippen molar-refractivity contribution in [3.8, 4) is 0 Å². The number of piperidine rings is 1. The molecule has 5 rings (SSSR count). The molecule has 5 aliphatic rings. The number of rotatable bonds is 10. The van der Waals surface area contributed by atoms with Crippen molar-refractivity contribution in [3.05, 3.63) is 0 Å². The third kappa shape index (κ3) is 8.53. The number of hydrazine groups is 1. The second-order valence-corrected chi connectivity index (χ2v) is 18.9. The maximum Gasteiger partial charge on any atom is 0.302 e. The minimum atomic E-state index is -4.41. The zero-order valence-corrected chi connectivity index (χ0v) is 30.4. The lowest BCUT2D eigenvalue weighted by molar-refractivity contribution is -0.149. The van der Waals surface area contributed by atoms with Crippen LogP contribution in [0.5, 0.6) is 0 Å². The number of carbonyl (C=O) groups is 1. The van der Waals surface area contributed by atoms with Gasteiger partial charge in [-0.1, -0.05) is 0 Å². The maximum absolute atomic E-state index is 16.0. The van der Waals surface area contributed by atoms with Crippen LogP contribution in [0.4, 0.5) is 22.0 Å². The topological polar surface area (TPSA) is 133 Å². The van der Waals surface area contributed by atoms with E-state index in [2.05, 4.69) is 38.6 Å². The molecule has 0 aromatic rings. The lowest BCUT2D eigenvalue weighted by Crippen LogP contribution is -2.75. The molecule has 0 aromatic carbocycles. The highest BCUT2D eigenvalue weighted by atomic mass is 32.2. The number of ether oxygens (including phenoxy) is 2. The van der Waals surface area contributed by atoms with Crippen molar-refractivity contribution in [2.24, 2.45) is 5.92 Å². The lowest BCUT2D eigenvalue weighted by Gasteiger charge is -2.50. The Morgan fingerprint density at radius 1 is 0.918 bits per heavy atom. The first-order valence-electron chi connectivity index (χ1n) is 17.4. The highest BCUT2D eigenvalue weighted by Crippen LogP contribution is 2.47. The van der Waals surface area contributed by atoms with Gasteiger partial charge in [0.25, 0.3) is 0 Å². The summed E-state index contributed by atoms with van der Waals surface area (Å²) in [5.74, 6) is -2.36. The van der Waals surface area contributed by atoms with Crippen molar-refractivity contribution >= 4 is 27.6 Å². The van der Waals surface area contributed by atoms with Crippen molar-refractivity contribution in [3.63, 3.8) is 0 Å². The molecule has 0 spiro atoms. The Bertz CT molecular complexity index is 1230. The fraction of sp³-hybridized carbons (Fsp3) is 0.968. The Morgan fingerprint density at radius 2 is 1.57 bits per heavy atom. The van der Waals surface area contributed by atoms with Gasteiger partial charge in [0.15, 0.2) is 9.84 Å². The first-order chi connectivity index (χ1) is 23.0. The van der Waals surface area contributed by atoms with Gasteiger partial charge in [0.2, 0.25) is 0 Å². The number of likely N-dealkylation sites (tertiary alicyclic amines) is 1. The number of hydrogen-bond donors (Lipinski definition) is 5. The van der Waals surface area contributed by atoms with Crippen LogP contribution in [-0.2, 0) is 24.1 Å². The second kappa shape index (κ2) is 16.0. The molecule has 2 saturated carbocycles. The number of sulfone groups is 1. The predicted octanol–water partition coefficient (Wildman–Crippen LogP) is 2.52.